The molecule has 0 aliphatic carbocycles. The van der Waals surface area contributed by atoms with E-state index < -0.39 is 16.6 Å². The number of aromatic nitrogens is 2. The molecular weight excluding hydrogens is 368 g/mol. The summed E-state index contributed by atoms with van der Waals surface area (Å²) >= 11 is 0. The fourth-order valence-electron chi connectivity index (χ4n) is 2.38. The Morgan fingerprint density at radius 3 is 2.61 bits per heavy atom. The van der Waals surface area contributed by atoms with Crippen LogP contribution in [0.4, 0.5) is 11.5 Å². The first kappa shape index (κ1) is 18.8. The maximum Gasteiger partial charge on any atom is 0.291 e. The van der Waals surface area contributed by atoms with Gasteiger partial charge in [0.05, 0.1) is 22.2 Å². The first-order valence-corrected chi connectivity index (χ1v) is 8.14. The molecular formula is C18H16N4O6. The molecule has 1 amide bonds. The fraction of sp³-hybridized carbons (Fsp3) is 0.167. The predicted molar refractivity (Wildman–Crippen MR) is 97.3 cm³/mol. The zero-order valence-electron chi connectivity index (χ0n) is 15.0. The Kier molecular flexibility index (Phi) is 5.21. The van der Waals surface area contributed by atoms with Crippen LogP contribution < -0.4 is 10.1 Å². The van der Waals surface area contributed by atoms with Gasteiger partial charge >= 0.3 is 0 Å². The van der Waals surface area contributed by atoms with Gasteiger partial charge in [-0.3, -0.25) is 14.9 Å². The number of nitrogens with zero attached hydrogens (tertiary/aromatic N) is 3. The van der Waals surface area contributed by atoms with Crippen LogP contribution in [0, 0.1) is 24.0 Å². The molecule has 144 valence electrons. The van der Waals surface area contributed by atoms with Crippen molar-refractivity contribution >= 4 is 17.4 Å². The second-order valence-corrected chi connectivity index (χ2v) is 5.89. The van der Waals surface area contributed by atoms with Crippen molar-refractivity contribution in [1.82, 2.24) is 10.1 Å². The number of aryl methyl sites for hydroxylation is 2. The predicted octanol–water partition coefficient (Wildman–Crippen LogP) is 3.13. The largest absolute Gasteiger partial charge is 0.504 e. The van der Waals surface area contributed by atoms with Crippen molar-refractivity contribution in [3.05, 3.63) is 69.2 Å². The van der Waals surface area contributed by atoms with Crippen LogP contribution in [-0.4, -0.2) is 26.1 Å². The number of ether oxygens (including phenoxy) is 1. The summed E-state index contributed by atoms with van der Waals surface area (Å²) in [6.45, 7) is 3.91. The number of pyridine rings is 1. The molecule has 2 heterocycles. The van der Waals surface area contributed by atoms with Gasteiger partial charge < -0.3 is 19.7 Å². The summed E-state index contributed by atoms with van der Waals surface area (Å²) in [5.74, 6) is 0.0296. The highest BCUT2D eigenvalue weighted by Gasteiger charge is 2.15. The summed E-state index contributed by atoms with van der Waals surface area (Å²) in [7, 11) is 0. The van der Waals surface area contributed by atoms with E-state index in [0.717, 1.165) is 23.5 Å². The standard InChI is InChI=1S/C18H16N4O6/c1-10-15(11(2)28-21-10)9-27-14-5-3-12(4-6-14)18(24)20-17-16(23)7-13(8-19-17)22(25)26/h3-8,23H,9H2,1-2H3,(H,19,20,24). The number of carbonyl (C=O) groups excluding carboxylic acids is 1. The molecule has 0 spiro atoms. The lowest BCUT2D eigenvalue weighted by Crippen LogP contribution is -2.13. The third kappa shape index (κ3) is 4.06. The van der Waals surface area contributed by atoms with E-state index in [9.17, 15) is 20.0 Å². The van der Waals surface area contributed by atoms with Crippen molar-refractivity contribution in [2.75, 3.05) is 5.32 Å². The van der Waals surface area contributed by atoms with Crippen molar-refractivity contribution < 1.29 is 24.1 Å². The molecule has 10 heteroatoms. The van der Waals surface area contributed by atoms with Gasteiger partial charge in [-0.25, -0.2) is 4.98 Å². The van der Waals surface area contributed by atoms with E-state index in [1.54, 1.807) is 31.2 Å². The Morgan fingerprint density at radius 1 is 1.32 bits per heavy atom. The Morgan fingerprint density at radius 2 is 2.04 bits per heavy atom. The number of aromatic hydroxyl groups is 1. The zero-order valence-corrected chi connectivity index (χ0v) is 15.0. The van der Waals surface area contributed by atoms with E-state index >= 15 is 0 Å². The molecule has 0 unspecified atom stereocenters. The highest BCUT2D eigenvalue weighted by molar-refractivity contribution is 6.04. The number of carbonyl (C=O) groups is 1. The first-order chi connectivity index (χ1) is 13.3. The van der Waals surface area contributed by atoms with Gasteiger partial charge in [0.2, 0.25) is 0 Å². The zero-order chi connectivity index (χ0) is 20.3. The number of rotatable bonds is 6. The van der Waals surface area contributed by atoms with E-state index in [1.165, 1.54) is 0 Å². The van der Waals surface area contributed by atoms with Crippen LogP contribution >= 0.6 is 0 Å². The number of hydrogen-bond donors (Lipinski definition) is 2. The average molecular weight is 384 g/mol. The number of benzene rings is 1. The Labute approximate surface area is 158 Å². The molecule has 0 bridgehead atoms. The summed E-state index contributed by atoms with van der Waals surface area (Å²) in [6.07, 6.45) is 0.945. The number of amides is 1. The molecule has 0 fully saturated rings. The van der Waals surface area contributed by atoms with Gasteiger partial charge in [0.25, 0.3) is 11.6 Å². The summed E-state index contributed by atoms with van der Waals surface area (Å²) in [4.78, 5) is 25.9. The van der Waals surface area contributed by atoms with Crippen molar-refractivity contribution in [3.8, 4) is 11.5 Å². The van der Waals surface area contributed by atoms with Gasteiger partial charge in [-0.15, -0.1) is 0 Å². The van der Waals surface area contributed by atoms with Crippen LogP contribution in [0.3, 0.4) is 0 Å². The van der Waals surface area contributed by atoms with E-state index in [0.29, 0.717) is 17.1 Å². The Bertz CT molecular complexity index is 1010. The number of hydrogen-bond acceptors (Lipinski definition) is 8. The van der Waals surface area contributed by atoms with Crippen LogP contribution in [0.5, 0.6) is 11.5 Å². The van der Waals surface area contributed by atoms with Gasteiger partial charge in [0.1, 0.15) is 24.3 Å². The maximum atomic E-state index is 12.3. The molecule has 0 aliphatic heterocycles. The van der Waals surface area contributed by atoms with Gasteiger partial charge in [-0.2, -0.15) is 0 Å². The van der Waals surface area contributed by atoms with Crippen molar-refractivity contribution in [2.24, 2.45) is 0 Å². The minimum absolute atomic E-state index is 0.172. The third-order valence-corrected chi connectivity index (χ3v) is 3.98. The normalized spacial score (nSPS) is 10.5. The molecule has 2 N–H and O–H groups in total. The summed E-state index contributed by atoms with van der Waals surface area (Å²) < 4.78 is 10.7. The SMILES string of the molecule is Cc1noc(C)c1COc1ccc(C(=O)Nc2ncc([N+](=O)[O-])cc2O)cc1. The summed E-state index contributed by atoms with van der Waals surface area (Å²) in [6, 6.07) is 7.24. The molecule has 1 aromatic carbocycles. The Hall–Kier alpha value is -3.95. The maximum absolute atomic E-state index is 12.3. The first-order valence-electron chi connectivity index (χ1n) is 8.14. The van der Waals surface area contributed by atoms with Crippen LogP contribution in [-0.2, 0) is 6.61 Å². The number of nitro groups is 1. The molecule has 3 rings (SSSR count). The van der Waals surface area contributed by atoms with E-state index in [1.807, 2.05) is 6.92 Å². The lowest BCUT2D eigenvalue weighted by Gasteiger charge is -2.08. The molecule has 0 radical (unpaired) electrons. The lowest BCUT2D eigenvalue weighted by molar-refractivity contribution is -0.385. The van der Waals surface area contributed by atoms with Crippen molar-refractivity contribution in [2.45, 2.75) is 20.5 Å². The van der Waals surface area contributed by atoms with E-state index in [4.69, 9.17) is 9.26 Å². The minimum atomic E-state index is -0.695. The van der Waals surface area contributed by atoms with E-state index in [-0.39, 0.29) is 18.1 Å². The summed E-state index contributed by atoms with van der Waals surface area (Å²) in [5.41, 5.74) is 1.53. The van der Waals surface area contributed by atoms with Crippen molar-refractivity contribution in [3.63, 3.8) is 0 Å². The van der Waals surface area contributed by atoms with Crippen LogP contribution in [0.1, 0.15) is 27.4 Å². The molecule has 0 saturated carbocycles. The molecule has 0 saturated heterocycles. The van der Waals surface area contributed by atoms with Gasteiger partial charge in [-0.05, 0) is 38.1 Å². The highest BCUT2D eigenvalue weighted by atomic mass is 16.6. The molecule has 0 atom stereocenters. The third-order valence-electron chi connectivity index (χ3n) is 3.98. The summed E-state index contributed by atoms with van der Waals surface area (Å²) in [5, 5.41) is 26.7. The lowest BCUT2D eigenvalue weighted by atomic mass is 10.2. The van der Waals surface area contributed by atoms with Crippen LogP contribution in [0.2, 0.25) is 0 Å². The molecule has 10 nitrogen and oxygen atoms in total. The monoisotopic (exact) mass is 384 g/mol. The van der Waals surface area contributed by atoms with Crippen molar-refractivity contribution in [1.29, 1.82) is 0 Å². The molecule has 3 aromatic rings. The Balaban J connectivity index is 1.64. The van der Waals surface area contributed by atoms with Crippen LogP contribution in [0.25, 0.3) is 0 Å². The number of anilines is 1. The number of nitrogens with one attached hydrogen (secondary N) is 1. The van der Waals surface area contributed by atoms with E-state index in [2.05, 4.69) is 15.5 Å². The quantitative estimate of drug-likeness (QED) is 0.488. The highest BCUT2D eigenvalue weighted by Crippen LogP contribution is 2.25. The van der Waals surface area contributed by atoms with Gasteiger partial charge in [-0.1, -0.05) is 5.16 Å². The average Bonchev–Trinajstić information content (AvgIpc) is 2.99. The smallest absolute Gasteiger partial charge is 0.291 e. The molecule has 0 aliphatic rings. The topological polar surface area (TPSA) is 141 Å². The van der Waals surface area contributed by atoms with Crippen LogP contribution in [0.15, 0.2) is 41.1 Å². The molecule has 2 aromatic heterocycles. The second-order valence-electron chi connectivity index (χ2n) is 5.89. The van der Waals surface area contributed by atoms with Gasteiger partial charge in [0.15, 0.2) is 11.6 Å². The van der Waals surface area contributed by atoms with Gasteiger partial charge in [0, 0.05) is 5.56 Å². The second kappa shape index (κ2) is 7.74. The minimum Gasteiger partial charge on any atom is -0.504 e. The fourth-order valence-corrected chi connectivity index (χ4v) is 2.38. The molecule has 28 heavy (non-hydrogen) atoms.